The van der Waals surface area contributed by atoms with Gasteiger partial charge in [-0.3, -0.25) is 0 Å². The van der Waals surface area contributed by atoms with Crippen LogP contribution in [0.15, 0.2) is 29.2 Å². The Labute approximate surface area is 118 Å². The molecule has 1 heterocycles. The number of nitrogens with one attached hydrogen (secondary N) is 1. The molecule has 0 aromatic heterocycles. The minimum atomic E-state index is -3.50. The van der Waals surface area contributed by atoms with Crippen LogP contribution in [0.4, 0.5) is 0 Å². The molecule has 2 rings (SSSR count). The van der Waals surface area contributed by atoms with Crippen molar-refractivity contribution in [2.75, 3.05) is 18.1 Å². The molecule has 102 valence electrons. The van der Waals surface area contributed by atoms with E-state index in [2.05, 4.69) is 4.72 Å². The Morgan fingerprint density at radius 2 is 2.11 bits per heavy atom. The van der Waals surface area contributed by atoms with Gasteiger partial charge >= 0.3 is 0 Å². The summed E-state index contributed by atoms with van der Waals surface area (Å²) in [4.78, 5) is 0.164. The molecule has 1 fully saturated rings. The number of benzene rings is 1. The van der Waals surface area contributed by atoms with Gasteiger partial charge in [0.2, 0.25) is 10.0 Å². The Bertz CT molecular complexity index is 573. The summed E-state index contributed by atoms with van der Waals surface area (Å²) in [6.07, 6.45) is 2.12. The maximum atomic E-state index is 12.1. The lowest BCUT2D eigenvalue weighted by Crippen LogP contribution is -2.31. The molecule has 1 aliphatic heterocycles. The molecule has 1 aromatic rings. The quantitative estimate of drug-likeness (QED) is 0.922. The summed E-state index contributed by atoms with van der Waals surface area (Å²) in [7, 11) is -3.50. The van der Waals surface area contributed by atoms with Gasteiger partial charge in [-0.05, 0) is 48.5 Å². The van der Waals surface area contributed by atoms with Gasteiger partial charge in [0.05, 0.1) is 16.5 Å². The van der Waals surface area contributed by atoms with Crippen LogP contribution in [-0.2, 0) is 10.0 Å². The summed E-state index contributed by atoms with van der Waals surface area (Å²) in [6, 6.07) is 8.05. The van der Waals surface area contributed by atoms with E-state index in [1.54, 1.807) is 12.1 Å². The van der Waals surface area contributed by atoms with Crippen LogP contribution in [0.1, 0.15) is 18.4 Å². The number of thioether (sulfide) groups is 1. The van der Waals surface area contributed by atoms with Gasteiger partial charge in [-0.1, -0.05) is 6.07 Å². The van der Waals surface area contributed by atoms with Crippen molar-refractivity contribution in [3.8, 4) is 6.07 Å². The summed E-state index contributed by atoms with van der Waals surface area (Å²) in [5.41, 5.74) is 0.358. The van der Waals surface area contributed by atoms with Gasteiger partial charge in [0.15, 0.2) is 0 Å². The van der Waals surface area contributed by atoms with Crippen molar-refractivity contribution in [1.29, 1.82) is 5.26 Å². The maximum absolute atomic E-state index is 12.1. The van der Waals surface area contributed by atoms with Crippen LogP contribution >= 0.6 is 11.8 Å². The highest BCUT2D eigenvalue weighted by atomic mass is 32.2. The fourth-order valence-electron chi connectivity index (χ4n) is 1.99. The molecule has 6 heteroatoms. The van der Waals surface area contributed by atoms with Crippen molar-refractivity contribution >= 4 is 21.8 Å². The van der Waals surface area contributed by atoms with Crippen molar-refractivity contribution < 1.29 is 8.42 Å². The Hall–Kier alpha value is -1.03. The number of hydrogen-bond acceptors (Lipinski definition) is 4. The molecule has 1 saturated heterocycles. The highest BCUT2D eigenvalue weighted by Gasteiger charge is 2.19. The molecule has 0 aliphatic carbocycles. The molecule has 1 aromatic carbocycles. The van der Waals surface area contributed by atoms with Gasteiger partial charge in [-0.25, -0.2) is 13.1 Å². The summed E-state index contributed by atoms with van der Waals surface area (Å²) in [6.45, 7) is 0.486. The van der Waals surface area contributed by atoms with E-state index in [0.29, 0.717) is 18.0 Å². The van der Waals surface area contributed by atoms with Crippen molar-refractivity contribution in [2.45, 2.75) is 17.7 Å². The average Bonchev–Trinajstić information content (AvgIpc) is 2.46. The van der Waals surface area contributed by atoms with E-state index in [4.69, 9.17) is 5.26 Å². The first kappa shape index (κ1) is 14.4. The molecule has 0 saturated carbocycles. The third-order valence-corrected chi connectivity index (χ3v) is 5.65. The molecule has 0 unspecified atom stereocenters. The summed E-state index contributed by atoms with van der Waals surface area (Å²) in [5.74, 6) is 2.64. The van der Waals surface area contributed by atoms with Gasteiger partial charge in [0.1, 0.15) is 0 Å². The van der Waals surface area contributed by atoms with Crippen LogP contribution in [0.25, 0.3) is 0 Å². The average molecular weight is 296 g/mol. The number of rotatable bonds is 4. The first-order valence-electron chi connectivity index (χ1n) is 6.19. The zero-order chi connectivity index (χ0) is 13.7. The lowest BCUT2D eigenvalue weighted by molar-refractivity contribution is 0.476. The second-order valence-corrected chi connectivity index (χ2v) is 7.54. The third kappa shape index (κ3) is 3.96. The van der Waals surface area contributed by atoms with Crippen molar-refractivity contribution in [3.63, 3.8) is 0 Å². The Morgan fingerprint density at radius 1 is 1.37 bits per heavy atom. The minimum absolute atomic E-state index is 0.164. The molecule has 1 N–H and O–H groups in total. The molecular formula is C13H16N2O2S2. The predicted octanol–water partition coefficient (Wildman–Crippen LogP) is 1.98. The lowest BCUT2D eigenvalue weighted by Gasteiger charge is -2.21. The number of sulfonamides is 1. The van der Waals surface area contributed by atoms with Gasteiger partial charge < -0.3 is 0 Å². The third-order valence-electron chi connectivity index (χ3n) is 3.18. The highest BCUT2D eigenvalue weighted by molar-refractivity contribution is 7.99. The first-order chi connectivity index (χ1) is 9.12. The van der Waals surface area contributed by atoms with Crippen LogP contribution in [0.3, 0.4) is 0 Å². The van der Waals surface area contributed by atoms with Crippen LogP contribution in [0.5, 0.6) is 0 Å². The second-order valence-electron chi connectivity index (χ2n) is 4.55. The second kappa shape index (κ2) is 6.42. The highest BCUT2D eigenvalue weighted by Crippen LogP contribution is 2.22. The molecule has 0 atom stereocenters. The van der Waals surface area contributed by atoms with E-state index in [1.165, 1.54) is 12.1 Å². The fourth-order valence-corrected chi connectivity index (χ4v) is 4.36. The van der Waals surface area contributed by atoms with Crippen molar-refractivity contribution in [2.24, 2.45) is 5.92 Å². The molecule has 0 amide bonds. The summed E-state index contributed by atoms with van der Waals surface area (Å²) < 4.78 is 26.9. The van der Waals surface area contributed by atoms with Crippen LogP contribution < -0.4 is 4.72 Å². The van der Waals surface area contributed by atoms with Gasteiger partial charge in [-0.15, -0.1) is 0 Å². The zero-order valence-corrected chi connectivity index (χ0v) is 12.1. The molecule has 4 nitrogen and oxygen atoms in total. The van der Waals surface area contributed by atoms with E-state index >= 15 is 0 Å². The Kier molecular flexibility index (Phi) is 4.86. The number of nitrogens with zero attached hydrogens (tertiary/aromatic N) is 1. The number of nitriles is 1. The van der Waals surface area contributed by atoms with E-state index in [1.807, 2.05) is 17.8 Å². The zero-order valence-electron chi connectivity index (χ0n) is 10.5. The summed E-state index contributed by atoms with van der Waals surface area (Å²) >= 11 is 1.92. The van der Waals surface area contributed by atoms with Gasteiger partial charge in [-0.2, -0.15) is 17.0 Å². The normalized spacial score (nSPS) is 17.0. The van der Waals surface area contributed by atoms with Crippen LogP contribution in [-0.4, -0.2) is 26.5 Å². The van der Waals surface area contributed by atoms with Crippen LogP contribution in [0.2, 0.25) is 0 Å². The standard InChI is InChI=1S/C13H16N2O2S2/c14-9-12-2-1-3-13(8-12)19(16,17)15-10-11-4-6-18-7-5-11/h1-3,8,11,15H,4-7,10H2. The Morgan fingerprint density at radius 3 is 2.79 bits per heavy atom. The van der Waals surface area contributed by atoms with E-state index in [-0.39, 0.29) is 4.90 Å². The van der Waals surface area contributed by atoms with E-state index < -0.39 is 10.0 Å². The fraction of sp³-hybridized carbons (Fsp3) is 0.462. The first-order valence-corrected chi connectivity index (χ1v) is 8.83. The lowest BCUT2D eigenvalue weighted by atomic mass is 10.0. The van der Waals surface area contributed by atoms with Crippen molar-refractivity contribution in [1.82, 2.24) is 4.72 Å². The minimum Gasteiger partial charge on any atom is -0.211 e. The van der Waals surface area contributed by atoms with Crippen molar-refractivity contribution in [3.05, 3.63) is 29.8 Å². The van der Waals surface area contributed by atoms with E-state index in [0.717, 1.165) is 24.3 Å². The topological polar surface area (TPSA) is 70.0 Å². The summed E-state index contributed by atoms with van der Waals surface area (Å²) in [5, 5.41) is 8.79. The molecular weight excluding hydrogens is 280 g/mol. The SMILES string of the molecule is N#Cc1cccc(S(=O)(=O)NCC2CCSCC2)c1. The number of hydrogen-bond donors (Lipinski definition) is 1. The van der Waals surface area contributed by atoms with Crippen LogP contribution in [0, 0.1) is 17.2 Å². The molecule has 19 heavy (non-hydrogen) atoms. The van der Waals surface area contributed by atoms with E-state index in [9.17, 15) is 8.42 Å². The molecule has 0 spiro atoms. The smallest absolute Gasteiger partial charge is 0.211 e. The molecule has 0 radical (unpaired) electrons. The Balaban J connectivity index is 2.03. The maximum Gasteiger partial charge on any atom is 0.240 e. The van der Waals surface area contributed by atoms with Gasteiger partial charge in [0, 0.05) is 6.54 Å². The van der Waals surface area contributed by atoms with Gasteiger partial charge in [0.25, 0.3) is 0 Å². The largest absolute Gasteiger partial charge is 0.240 e. The molecule has 1 aliphatic rings. The monoisotopic (exact) mass is 296 g/mol. The predicted molar refractivity (Wildman–Crippen MR) is 76.4 cm³/mol. The molecule has 0 bridgehead atoms.